The number of likely N-dealkylation sites (N-methyl/N-ethyl adjacent to an activating group) is 1. The molecule has 132 valence electrons. The van der Waals surface area contributed by atoms with Gasteiger partial charge in [0.1, 0.15) is 0 Å². The van der Waals surface area contributed by atoms with E-state index in [9.17, 15) is 0 Å². The van der Waals surface area contributed by atoms with Crippen molar-refractivity contribution in [3.63, 3.8) is 0 Å². The van der Waals surface area contributed by atoms with Gasteiger partial charge in [-0.05, 0) is 61.4 Å². The summed E-state index contributed by atoms with van der Waals surface area (Å²) in [6.45, 7) is 7.73. The first kappa shape index (κ1) is 15.8. The lowest BCUT2D eigenvalue weighted by Crippen LogP contribution is -2.42. The first-order valence-electron chi connectivity index (χ1n) is 9.45. The second kappa shape index (κ2) is 5.55. The fraction of sp³-hybridized carbons (Fsp3) is 0.348. The molecular formula is C23H25N3. The molecule has 2 aromatic heterocycles. The molecule has 0 saturated carbocycles. The number of pyridine rings is 1. The Bertz CT molecular complexity index is 1030. The zero-order valence-corrected chi connectivity index (χ0v) is 15.8. The number of aryl methyl sites for hydroxylation is 1. The molecular weight excluding hydrogens is 318 g/mol. The van der Waals surface area contributed by atoms with Gasteiger partial charge in [-0.25, -0.2) is 0 Å². The molecule has 4 heterocycles. The molecule has 2 aliphatic rings. The van der Waals surface area contributed by atoms with E-state index in [-0.39, 0.29) is 5.41 Å². The minimum Gasteiger partial charge on any atom is -0.339 e. The number of hydrogen-bond acceptors (Lipinski definition) is 2. The van der Waals surface area contributed by atoms with E-state index < -0.39 is 0 Å². The molecule has 26 heavy (non-hydrogen) atoms. The van der Waals surface area contributed by atoms with Gasteiger partial charge in [-0.15, -0.1) is 0 Å². The average molecular weight is 343 g/mol. The minimum atomic E-state index is 0.157. The van der Waals surface area contributed by atoms with Crippen LogP contribution in [0.25, 0.3) is 16.5 Å². The number of rotatable bonds is 1. The van der Waals surface area contributed by atoms with Gasteiger partial charge in [0.25, 0.3) is 0 Å². The minimum absolute atomic E-state index is 0.157. The van der Waals surface area contributed by atoms with Crippen molar-refractivity contribution < 1.29 is 0 Å². The summed E-state index contributed by atoms with van der Waals surface area (Å²) >= 11 is 0. The first-order chi connectivity index (χ1) is 12.5. The molecule has 0 radical (unpaired) electrons. The molecule has 1 unspecified atom stereocenters. The molecule has 2 aliphatic heterocycles. The summed E-state index contributed by atoms with van der Waals surface area (Å²) in [7, 11) is 2.26. The van der Waals surface area contributed by atoms with Gasteiger partial charge in [0.15, 0.2) is 0 Å². The quantitative estimate of drug-likeness (QED) is 0.647. The number of aromatic nitrogens is 2. The molecule has 0 aliphatic carbocycles. The van der Waals surface area contributed by atoms with Gasteiger partial charge >= 0.3 is 0 Å². The molecule has 0 N–H and O–H groups in total. The zero-order valence-electron chi connectivity index (χ0n) is 15.8. The van der Waals surface area contributed by atoms with Crippen LogP contribution < -0.4 is 0 Å². The van der Waals surface area contributed by atoms with Crippen LogP contribution in [-0.4, -0.2) is 28.0 Å². The molecule has 3 nitrogen and oxygen atoms in total. The number of nitrogens with zero attached hydrogens (tertiary/aromatic N) is 3. The van der Waals surface area contributed by atoms with Crippen molar-refractivity contribution in [3.8, 4) is 0 Å². The van der Waals surface area contributed by atoms with Gasteiger partial charge in [0.2, 0.25) is 0 Å². The van der Waals surface area contributed by atoms with Gasteiger partial charge in [-0.3, -0.25) is 4.98 Å². The van der Waals surface area contributed by atoms with Crippen molar-refractivity contribution in [3.05, 3.63) is 71.2 Å². The van der Waals surface area contributed by atoms with Crippen LogP contribution in [-0.2, 0) is 18.5 Å². The lowest BCUT2D eigenvalue weighted by atomic mass is 9.78. The molecule has 0 amide bonds. The van der Waals surface area contributed by atoms with Gasteiger partial charge in [-0.2, -0.15) is 0 Å². The van der Waals surface area contributed by atoms with E-state index >= 15 is 0 Å². The average Bonchev–Trinajstić information content (AvgIpc) is 2.83. The van der Waals surface area contributed by atoms with Crippen LogP contribution in [0.1, 0.15) is 35.7 Å². The van der Waals surface area contributed by atoms with E-state index in [4.69, 9.17) is 0 Å². The zero-order chi connectivity index (χ0) is 17.9. The Labute approximate surface area is 155 Å². The maximum absolute atomic E-state index is 4.20. The van der Waals surface area contributed by atoms with E-state index in [1.807, 2.05) is 12.4 Å². The third-order valence-corrected chi connectivity index (χ3v) is 6.12. The van der Waals surface area contributed by atoms with Crippen molar-refractivity contribution in [2.45, 2.75) is 38.8 Å². The van der Waals surface area contributed by atoms with Crippen LogP contribution in [0.2, 0.25) is 0 Å². The first-order valence-corrected chi connectivity index (χ1v) is 9.45. The Balaban J connectivity index is 1.78. The van der Waals surface area contributed by atoms with Gasteiger partial charge in [-0.1, -0.05) is 24.6 Å². The Morgan fingerprint density at radius 3 is 2.69 bits per heavy atom. The molecule has 0 fully saturated rings. The van der Waals surface area contributed by atoms with Gasteiger partial charge < -0.3 is 9.47 Å². The van der Waals surface area contributed by atoms with Crippen LogP contribution in [0, 0.1) is 6.92 Å². The SMILES string of the molecule is Cc1ccc2c(c1)c1c3n2CC(c2ccncc2)=CCC3(C)CN(C)C1. The van der Waals surface area contributed by atoms with E-state index in [0.717, 1.165) is 26.1 Å². The predicted octanol–water partition coefficient (Wildman–Crippen LogP) is 4.54. The highest BCUT2D eigenvalue weighted by molar-refractivity contribution is 5.88. The highest BCUT2D eigenvalue weighted by Gasteiger charge is 2.39. The molecule has 1 aromatic carbocycles. The summed E-state index contributed by atoms with van der Waals surface area (Å²) in [5.74, 6) is 0. The molecule has 3 heteroatoms. The van der Waals surface area contributed by atoms with E-state index in [0.29, 0.717) is 0 Å². The summed E-state index contributed by atoms with van der Waals surface area (Å²) in [5, 5.41) is 1.44. The number of allylic oxidation sites excluding steroid dienone is 2. The molecule has 5 rings (SSSR count). The highest BCUT2D eigenvalue weighted by atomic mass is 15.1. The lowest BCUT2D eigenvalue weighted by molar-refractivity contribution is 0.219. The summed E-state index contributed by atoms with van der Waals surface area (Å²) in [4.78, 5) is 6.68. The fourth-order valence-electron chi connectivity index (χ4n) is 5.07. The molecule has 0 spiro atoms. The van der Waals surface area contributed by atoms with E-state index in [1.165, 1.54) is 33.2 Å². The van der Waals surface area contributed by atoms with Crippen LogP contribution in [0.3, 0.4) is 0 Å². The standard InChI is InChI=1S/C23H25N3/c1-16-4-5-21-19(12-16)20-14-25(3)15-23(2)9-6-18(13-26(21)22(20)23)17-7-10-24-11-8-17/h4-8,10-12H,9,13-15H2,1-3H3. The van der Waals surface area contributed by atoms with Crippen LogP contribution in [0.15, 0.2) is 48.8 Å². The van der Waals surface area contributed by atoms with Crippen molar-refractivity contribution in [2.75, 3.05) is 13.6 Å². The van der Waals surface area contributed by atoms with E-state index in [2.05, 4.69) is 71.8 Å². The summed E-state index contributed by atoms with van der Waals surface area (Å²) in [6.07, 6.45) is 7.34. The van der Waals surface area contributed by atoms with Gasteiger partial charge in [0, 0.05) is 54.0 Å². The number of benzene rings is 1. The lowest BCUT2D eigenvalue weighted by Gasteiger charge is -2.39. The summed E-state index contributed by atoms with van der Waals surface area (Å²) in [6, 6.07) is 11.2. The highest BCUT2D eigenvalue weighted by Crippen LogP contribution is 2.44. The van der Waals surface area contributed by atoms with Crippen molar-refractivity contribution >= 4 is 16.5 Å². The van der Waals surface area contributed by atoms with Crippen molar-refractivity contribution in [2.24, 2.45) is 0 Å². The summed E-state index contributed by atoms with van der Waals surface area (Å²) in [5.41, 5.74) is 8.66. The smallest absolute Gasteiger partial charge is 0.0489 e. The number of hydrogen-bond donors (Lipinski definition) is 0. The topological polar surface area (TPSA) is 21.1 Å². The molecule has 0 saturated heterocycles. The Morgan fingerprint density at radius 2 is 1.88 bits per heavy atom. The second-order valence-corrected chi connectivity index (χ2v) is 8.34. The summed E-state index contributed by atoms with van der Waals surface area (Å²) < 4.78 is 2.59. The third-order valence-electron chi connectivity index (χ3n) is 6.12. The Kier molecular flexibility index (Phi) is 3.38. The van der Waals surface area contributed by atoms with Crippen LogP contribution in [0.4, 0.5) is 0 Å². The maximum Gasteiger partial charge on any atom is 0.0489 e. The second-order valence-electron chi connectivity index (χ2n) is 8.34. The van der Waals surface area contributed by atoms with Crippen molar-refractivity contribution in [1.82, 2.24) is 14.5 Å². The normalized spacial score (nSPS) is 22.8. The maximum atomic E-state index is 4.20. The molecule has 1 atom stereocenters. The monoisotopic (exact) mass is 343 g/mol. The van der Waals surface area contributed by atoms with E-state index in [1.54, 1.807) is 5.69 Å². The predicted molar refractivity (Wildman–Crippen MR) is 107 cm³/mol. The third kappa shape index (κ3) is 2.27. The van der Waals surface area contributed by atoms with Crippen LogP contribution >= 0.6 is 0 Å². The molecule has 3 aromatic rings. The Hall–Kier alpha value is -2.39. The fourth-order valence-corrected chi connectivity index (χ4v) is 5.07. The molecule has 0 bridgehead atoms. The Morgan fingerprint density at radius 1 is 1.08 bits per heavy atom. The van der Waals surface area contributed by atoms with Gasteiger partial charge in [0.05, 0.1) is 0 Å². The van der Waals surface area contributed by atoms with Crippen molar-refractivity contribution in [1.29, 1.82) is 0 Å². The van der Waals surface area contributed by atoms with Crippen LogP contribution in [0.5, 0.6) is 0 Å². The number of fused-ring (bicyclic) bond motifs is 3. The largest absolute Gasteiger partial charge is 0.339 e.